The van der Waals surface area contributed by atoms with Crippen molar-refractivity contribution >= 4 is 11.3 Å². The van der Waals surface area contributed by atoms with Gasteiger partial charge in [-0.2, -0.15) is 0 Å². The Morgan fingerprint density at radius 1 is 1.17 bits per heavy atom. The molecule has 0 spiro atoms. The number of rotatable bonds is 2. The maximum absolute atomic E-state index is 5.94. The lowest BCUT2D eigenvalue weighted by Crippen LogP contribution is -1.97. The fourth-order valence-corrected chi connectivity index (χ4v) is 1.92. The summed E-state index contributed by atoms with van der Waals surface area (Å²) >= 11 is 0. The zero-order valence-electron chi connectivity index (χ0n) is 10.00. The number of anilines is 1. The second-order valence-electron chi connectivity index (χ2n) is 4.11. The van der Waals surface area contributed by atoms with E-state index in [9.17, 15) is 0 Å². The Morgan fingerprint density at radius 3 is 2.83 bits per heavy atom. The van der Waals surface area contributed by atoms with Crippen LogP contribution in [0.5, 0.6) is 11.6 Å². The van der Waals surface area contributed by atoms with Crippen molar-refractivity contribution in [3.63, 3.8) is 0 Å². The number of imidazole rings is 1. The van der Waals surface area contributed by atoms with Crippen molar-refractivity contribution in [2.75, 3.05) is 5.73 Å². The van der Waals surface area contributed by atoms with Crippen molar-refractivity contribution < 1.29 is 4.74 Å². The number of hydrogen-bond donors (Lipinski definition) is 1. The Kier molecular flexibility index (Phi) is 2.41. The first-order valence-corrected chi connectivity index (χ1v) is 5.71. The Bertz CT molecular complexity index is 683. The zero-order chi connectivity index (χ0) is 12.5. The molecule has 18 heavy (non-hydrogen) atoms. The smallest absolute Gasteiger partial charge is 0.205 e. The summed E-state index contributed by atoms with van der Waals surface area (Å²) in [4.78, 5) is 4.22. The van der Waals surface area contributed by atoms with Crippen LogP contribution in [0.4, 0.5) is 5.69 Å². The third-order valence-corrected chi connectivity index (χ3v) is 2.84. The molecule has 2 N–H and O–H groups in total. The number of aromatic nitrogens is 2. The molecular weight excluding hydrogens is 226 g/mol. The molecule has 0 bridgehead atoms. The SMILES string of the molecule is Cc1cccc(N)c1Oc1cccc2nccn12. The third-order valence-electron chi connectivity index (χ3n) is 2.84. The summed E-state index contributed by atoms with van der Waals surface area (Å²) in [6, 6.07) is 11.4. The second-order valence-corrected chi connectivity index (χ2v) is 4.11. The summed E-state index contributed by atoms with van der Waals surface area (Å²) in [6.07, 6.45) is 3.60. The van der Waals surface area contributed by atoms with E-state index < -0.39 is 0 Å². The van der Waals surface area contributed by atoms with Crippen molar-refractivity contribution in [1.82, 2.24) is 9.38 Å². The van der Waals surface area contributed by atoms with Gasteiger partial charge in [0.05, 0.1) is 5.69 Å². The van der Waals surface area contributed by atoms with Crippen LogP contribution >= 0.6 is 0 Å². The molecule has 0 aliphatic rings. The molecule has 0 aliphatic carbocycles. The van der Waals surface area contributed by atoms with E-state index in [4.69, 9.17) is 10.5 Å². The molecule has 0 fully saturated rings. The highest BCUT2D eigenvalue weighted by Gasteiger charge is 2.08. The first-order chi connectivity index (χ1) is 8.75. The van der Waals surface area contributed by atoms with Crippen LogP contribution in [0.1, 0.15) is 5.56 Å². The number of aryl methyl sites for hydroxylation is 1. The van der Waals surface area contributed by atoms with Gasteiger partial charge in [0.25, 0.3) is 0 Å². The number of pyridine rings is 1. The number of fused-ring (bicyclic) bond motifs is 1. The van der Waals surface area contributed by atoms with E-state index in [1.807, 2.05) is 53.9 Å². The van der Waals surface area contributed by atoms with Crippen molar-refractivity contribution in [2.24, 2.45) is 0 Å². The number of benzene rings is 1. The molecule has 0 atom stereocenters. The quantitative estimate of drug-likeness (QED) is 0.699. The lowest BCUT2D eigenvalue weighted by atomic mass is 10.2. The van der Waals surface area contributed by atoms with Crippen LogP contribution in [0.15, 0.2) is 48.8 Å². The van der Waals surface area contributed by atoms with Crippen LogP contribution in [0, 0.1) is 6.92 Å². The number of nitrogen functional groups attached to an aromatic ring is 1. The molecule has 2 heterocycles. The van der Waals surface area contributed by atoms with Crippen molar-refractivity contribution in [3.8, 4) is 11.6 Å². The molecule has 0 saturated carbocycles. The molecule has 1 aromatic carbocycles. The number of para-hydroxylation sites is 1. The average molecular weight is 239 g/mol. The minimum Gasteiger partial charge on any atom is -0.438 e. The number of hydrogen-bond acceptors (Lipinski definition) is 3. The van der Waals surface area contributed by atoms with E-state index in [2.05, 4.69) is 4.98 Å². The normalized spacial score (nSPS) is 10.7. The lowest BCUT2D eigenvalue weighted by Gasteiger charge is -2.12. The van der Waals surface area contributed by atoms with Crippen molar-refractivity contribution in [1.29, 1.82) is 0 Å². The third kappa shape index (κ3) is 1.68. The van der Waals surface area contributed by atoms with Crippen LogP contribution in [0.3, 0.4) is 0 Å². The minimum absolute atomic E-state index is 0.632. The molecular formula is C14H13N3O. The van der Waals surface area contributed by atoms with Gasteiger partial charge in [-0.3, -0.25) is 4.40 Å². The summed E-state index contributed by atoms with van der Waals surface area (Å²) in [5, 5.41) is 0. The van der Waals surface area contributed by atoms with Crippen LogP contribution in [0.2, 0.25) is 0 Å². The van der Waals surface area contributed by atoms with E-state index in [1.165, 1.54) is 0 Å². The molecule has 90 valence electrons. The van der Waals surface area contributed by atoms with Gasteiger partial charge in [0.1, 0.15) is 5.65 Å². The molecule has 0 aliphatic heterocycles. The predicted octanol–water partition coefficient (Wildman–Crippen LogP) is 3.02. The summed E-state index contributed by atoms with van der Waals surface area (Å²) in [5.41, 5.74) is 8.42. The molecule has 3 rings (SSSR count). The summed E-state index contributed by atoms with van der Waals surface area (Å²) in [5.74, 6) is 1.39. The van der Waals surface area contributed by atoms with Crippen molar-refractivity contribution in [2.45, 2.75) is 6.92 Å². The average Bonchev–Trinajstić information content (AvgIpc) is 2.83. The van der Waals surface area contributed by atoms with Gasteiger partial charge in [-0.1, -0.05) is 18.2 Å². The van der Waals surface area contributed by atoms with Gasteiger partial charge in [0.15, 0.2) is 5.75 Å². The first-order valence-electron chi connectivity index (χ1n) is 5.71. The summed E-state index contributed by atoms with van der Waals surface area (Å²) in [7, 11) is 0. The van der Waals surface area contributed by atoms with Gasteiger partial charge in [-0.25, -0.2) is 4.98 Å². The molecule has 0 radical (unpaired) electrons. The van der Waals surface area contributed by atoms with Crippen LogP contribution in [-0.4, -0.2) is 9.38 Å². The van der Waals surface area contributed by atoms with Gasteiger partial charge in [-0.15, -0.1) is 0 Å². The number of nitrogens with two attached hydrogens (primary N) is 1. The molecule has 0 unspecified atom stereocenters. The maximum atomic E-state index is 5.94. The van der Waals surface area contributed by atoms with E-state index >= 15 is 0 Å². The van der Waals surface area contributed by atoms with E-state index in [0.717, 1.165) is 11.2 Å². The van der Waals surface area contributed by atoms with Crippen molar-refractivity contribution in [3.05, 3.63) is 54.4 Å². The topological polar surface area (TPSA) is 52.5 Å². The van der Waals surface area contributed by atoms with Gasteiger partial charge < -0.3 is 10.5 Å². The Hall–Kier alpha value is -2.49. The Morgan fingerprint density at radius 2 is 2.00 bits per heavy atom. The number of nitrogens with zero attached hydrogens (tertiary/aromatic N) is 2. The van der Waals surface area contributed by atoms with E-state index in [1.54, 1.807) is 6.20 Å². The molecule has 0 saturated heterocycles. The minimum atomic E-state index is 0.632. The maximum Gasteiger partial charge on any atom is 0.205 e. The highest BCUT2D eigenvalue weighted by Crippen LogP contribution is 2.30. The summed E-state index contributed by atoms with van der Waals surface area (Å²) < 4.78 is 7.79. The number of ether oxygens (including phenoxy) is 1. The Balaban J connectivity index is 2.09. The van der Waals surface area contributed by atoms with Gasteiger partial charge in [0, 0.05) is 12.4 Å². The largest absolute Gasteiger partial charge is 0.438 e. The molecule has 4 heteroatoms. The second kappa shape index (κ2) is 4.07. The van der Waals surface area contributed by atoms with E-state index in [0.29, 0.717) is 17.3 Å². The fraction of sp³-hybridized carbons (Fsp3) is 0.0714. The monoisotopic (exact) mass is 239 g/mol. The highest BCUT2D eigenvalue weighted by molar-refractivity contribution is 5.57. The van der Waals surface area contributed by atoms with Crippen LogP contribution in [0.25, 0.3) is 5.65 Å². The Labute approximate surface area is 105 Å². The molecule has 0 amide bonds. The van der Waals surface area contributed by atoms with Crippen LogP contribution < -0.4 is 10.5 Å². The molecule has 2 aromatic heterocycles. The zero-order valence-corrected chi connectivity index (χ0v) is 10.00. The van der Waals surface area contributed by atoms with Gasteiger partial charge in [0.2, 0.25) is 5.88 Å². The molecule has 4 nitrogen and oxygen atoms in total. The summed E-state index contributed by atoms with van der Waals surface area (Å²) in [6.45, 7) is 1.97. The lowest BCUT2D eigenvalue weighted by molar-refractivity contribution is 0.455. The van der Waals surface area contributed by atoms with Crippen LogP contribution in [-0.2, 0) is 0 Å². The van der Waals surface area contributed by atoms with Gasteiger partial charge >= 0.3 is 0 Å². The fourth-order valence-electron chi connectivity index (χ4n) is 1.92. The van der Waals surface area contributed by atoms with E-state index in [-0.39, 0.29) is 0 Å². The first kappa shape index (κ1) is 10.7. The van der Waals surface area contributed by atoms with Gasteiger partial charge in [-0.05, 0) is 30.7 Å². The highest BCUT2D eigenvalue weighted by atomic mass is 16.5. The standard InChI is InChI=1S/C14H13N3O/c1-10-4-2-5-11(15)14(10)18-13-7-3-6-12-16-8-9-17(12)13/h2-9H,15H2,1H3. The predicted molar refractivity (Wildman–Crippen MR) is 70.9 cm³/mol. The molecule has 3 aromatic rings.